The average Bonchev–Trinajstić information content (AvgIpc) is 2.68. The Kier molecular flexibility index (Phi) is 4.22. The summed E-state index contributed by atoms with van der Waals surface area (Å²) >= 11 is 0. The number of nitrogens with zero attached hydrogens (tertiary/aromatic N) is 2. The van der Waals surface area contributed by atoms with Crippen LogP contribution in [0.1, 0.15) is 30.8 Å². The monoisotopic (exact) mass is 321 g/mol. The lowest BCUT2D eigenvalue weighted by Gasteiger charge is -2.41. The van der Waals surface area contributed by atoms with Gasteiger partial charge in [-0.2, -0.15) is 18.3 Å². The normalized spacial score (nSPS) is 22.7. The van der Waals surface area contributed by atoms with Gasteiger partial charge in [0.1, 0.15) is 0 Å². The molecule has 1 saturated heterocycles. The summed E-state index contributed by atoms with van der Waals surface area (Å²) in [6, 6.07) is 0. The van der Waals surface area contributed by atoms with Gasteiger partial charge < -0.3 is 9.84 Å². The highest BCUT2D eigenvalue weighted by Gasteiger charge is 2.39. The van der Waals surface area contributed by atoms with Crippen LogP contribution < -0.4 is 0 Å². The summed E-state index contributed by atoms with van der Waals surface area (Å²) in [6.45, 7) is 5.52. The van der Waals surface area contributed by atoms with Gasteiger partial charge in [0.2, 0.25) is 0 Å². The molecule has 0 bridgehead atoms. The van der Waals surface area contributed by atoms with Crippen molar-refractivity contribution in [1.82, 2.24) is 15.1 Å². The summed E-state index contributed by atoms with van der Waals surface area (Å²) in [5.74, 6) is -1.09. The molecule has 1 fully saturated rings. The minimum atomic E-state index is -4.51. The van der Waals surface area contributed by atoms with Gasteiger partial charge >= 0.3 is 12.1 Å². The first-order valence-electron chi connectivity index (χ1n) is 6.73. The molecule has 1 aliphatic heterocycles. The second-order valence-electron chi connectivity index (χ2n) is 6.05. The smallest absolute Gasteiger partial charge is 0.435 e. The molecular weight excluding hydrogens is 303 g/mol. The zero-order chi connectivity index (χ0) is 16.7. The second-order valence-corrected chi connectivity index (χ2v) is 6.05. The number of halogens is 3. The third-order valence-corrected chi connectivity index (χ3v) is 3.53. The predicted octanol–water partition coefficient (Wildman–Crippen LogP) is 1.80. The van der Waals surface area contributed by atoms with E-state index in [-0.39, 0.29) is 18.7 Å². The number of ether oxygens (including phenoxy) is 1. The van der Waals surface area contributed by atoms with E-state index in [4.69, 9.17) is 9.84 Å². The number of aromatic nitrogens is 2. The Morgan fingerprint density at radius 1 is 1.55 bits per heavy atom. The highest BCUT2D eigenvalue weighted by molar-refractivity contribution is 5.72. The van der Waals surface area contributed by atoms with Crippen molar-refractivity contribution in [3.05, 3.63) is 17.0 Å². The van der Waals surface area contributed by atoms with Gasteiger partial charge in [-0.15, -0.1) is 0 Å². The quantitative estimate of drug-likeness (QED) is 0.887. The van der Waals surface area contributed by atoms with Gasteiger partial charge in [0.05, 0.1) is 11.3 Å². The summed E-state index contributed by atoms with van der Waals surface area (Å²) in [5.41, 5.74) is -1.27. The van der Waals surface area contributed by atoms with E-state index in [1.165, 1.54) is 6.92 Å². The number of carboxylic acids is 1. The lowest BCUT2D eigenvalue weighted by atomic mass is 10.0. The third kappa shape index (κ3) is 3.58. The van der Waals surface area contributed by atoms with E-state index in [0.29, 0.717) is 12.2 Å². The number of aromatic amines is 1. The maximum absolute atomic E-state index is 12.7. The van der Waals surface area contributed by atoms with E-state index in [9.17, 15) is 18.0 Å². The SMILES string of the molecule is Cc1c(C(F)(F)F)n[nH]c1CN1CC(C(=O)O)OC(C)(C)C1. The number of hydrogen-bond donors (Lipinski definition) is 2. The number of rotatable bonds is 3. The molecule has 1 aromatic heterocycles. The summed E-state index contributed by atoms with van der Waals surface area (Å²) in [5, 5.41) is 14.8. The third-order valence-electron chi connectivity index (χ3n) is 3.53. The average molecular weight is 321 g/mol. The van der Waals surface area contributed by atoms with E-state index in [1.54, 1.807) is 18.7 Å². The minimum absolute atomic E-state index is 0.0312. The van der Waals surface area contributed by atoms with Gasteiger partial charge in [0.25, 0.3) is 0 Å². The molecule has 0 aliphatic carbocycles. The van der Waals surface area contributed by atoms with Gasteiger partial charge in [-0.05, 0) is 20.8 Å². The number of aliphatic carboxylic acids is 1. The highest BCUT2D eigenvalue weighted by atomic mass is 19.4. The number of morpholine rings is 1. The van der Waals surface area contributed by atoms with E-state index in [1.807, 2.05) is 0 Å². The zero-order valence-electron chi connectivity index (χ0n) is 12.5. The Morgan fingerprint density at radius 2 is 2.18 bits per heavy atom. The summed E-state index contributed by atoms with van der Waals surface area (Å²) < 4.78 is 43.7. The van der Waals surface area contributed by atoms with E-state index in [2.05, 4.69) is 10.2 Å². The van der Waals surface area contributed by atoms with Crippen LogP contribution in [-0.2, 0) is 22.3 Å². The Hall–Kier alpha value is -1.61. The van der Waals surface area contributed by atoms with Crippen molar-refractivity contribution in [2.45, 2.75) is 45.2 Å². The van der Waals surface area contributed by atoms with Crippen LogP contribution in [-0.4, -0.2) is 51.0 Å². The molecule has 1 aromatic rings. The fourth-order valence-corrected chi connectivity index (χ4v) is 2.63. The van der Waals surface area contributed by atoms with Crippen LogP contribution >= 0.6 is 0 Å². The fourth-order valence-electron chi connectivity index (χ4n) is 2.63. The fraction of sp³-hybridized carbons (Fsp3) is 0.692. The molecule has 2 rings (SSSR count). The van der Waals surface area contributed by atoms with Gasteiger partial charge in [0.15, 0.2) is 11.8 Å². The molecule has 0 spiro atoms. The largest absolute Gasteiger partial charge is 0.479 e. The van der Waals surface area contributed by atoms with Crippen molar-refractivity contribution in [3.8, 4) is 0 Å². The molecule has 0 radical (unpaired) electrons. The summed E-state index contributed by atoms with van der Waals surface area (Å²) in [4.78, 5) is 12.9. The predicted molar refractivity (Wildman–Crippen MR) is 70.2 cm³/mol. The topological polar surface area (TPSA) is 78.5 Å². The Morgan fingerprint density at radius 3 is 2.68 bits per heavy atom. The van der Waals surface area contributed by atoms with E-state index < -0.39 is 29.5 Å². The molecule has 2 N–H and O–H groups in total. The Balaban J connectivity index is 2.16. The first-order chi connectivity index (χ1) is 9.99. The number of H-pyrrole nitrogens is 1. The molecule has 1 atom stereocenters. The Labute approximate surface area is 125 Å². The van der Waals surface area contributed by atoms with Crippen LogP contribution in [0.5, 0.6) is 0 Å². The van der Waals surface area contributed by atoms with Crippen LogP contribution in [0.4, 0.5) is 13.2 Å². The first kappa shape index (κ1) is 16.8. The molecule has 0 amide bonds. The van der Waals surface area contributed by atoms with Crippen molar-refractivity contribution < 1.29 is 27.8 Å². The maximum Gasteiger partial charge on any atom is 0.435 e. The van der Waals surface area contributed by atoms with Gasteiger partial charge in [-0.1, -0.05) is 0 Å². The van der Waals surface area contributed by atoms with Crippen LogP contribution in [0.3, 0.4) is 0 Å². The van der Waals surface area contributed by atoms with Crippen molar-refractivity contribution in [2.75, 3.05) is 13.1 Å². The second kappa shape index (κ2) is 5.54. The zero-order valence-corrected chi connectivity index (χ0v) is 12.5. The standard InChI is InChI=1S/C13H18F3N3O3/c1-7-8(17-18-10(7)13(14,15)16)4-19-5-9(11(20)21)22-12(2,3)6-19/h9H,4-6H2,1-3H3,(H,17,18)(H,20,21). The molecular formula is C13H18F3N3O3. The first-order valence-corrected chi connectivity index (χ1v) is 6.73. The highest BCUT2D eigenvalue weighted by Crippen LogP contribution is 2.32. The molecule has 9 heteroatoms. The molecule has 22 heavy (non-hydrogen) atoms. The number of nitrogens with one attached hydrogen (secondary N) is 1. The van der Waals surface area contributed by atoms with Crippen LogP contribution in [0.25, 0.3) is 0 Å². The molecule has 124 valence electrons. The Bertz CT molecular complexity index is 569. The van der Waals surface area contributed by atoms with Gasteiger partial charge in [-0.3, -0.25) is 10.00 Å². The van der Waals surface area contributed by atoms with Crippen molar-refractivity contribution in [2.24, 2.45) is 0 Å². The van der Waals surface area contributed by atoms with E-state index >= 15 is 0 Å². The molecule has 1 unspecified atom stereocenters. The molecule has 2 heterocycles. The maximum atomic E-state index is 12.7. The van der Waals surface area contributed by atoms with E-state index in [0.717, 1.165) is 0 Å². The summed E-state index contributed by atoms with van der Waals surface area (Å²) in [6.07, 6.45) is -5.51. The lowest BCUT2D eigenvalue weighted by Crippen LogP contribution is -2.54. The number of hydrogen-bond acceptors (Lipinski definition) is 4. The minimum Gasteiger partial charge on any atom is -0.479 e. The number of carboxylic acid groups (broad SMARTS) is 1. The summed E-state index contributed by atoms with van der Waals surface area (Å²) in [7, 11) is 0. The molecule has 0 aromatic carbocycles. The van der Waals surface area contributed by atoms with Gasteiger partial charge in [-0.25, -0.2) is 4.79 Å². The van der Waals surface area contributed by atoms with Crippen LogP contribution in [0, 0.1) is 6.92 Å². The van der Waals surface area contributed by atoms with Crippen molar-refractivity contribution >= 4 is 5.97 Å². The van der Waals surface area contributed by atoms with Crippen molar-refractivity contribution in [3.63, 3.8) is 0 Å². The van der Waals surface area contributed by atoms with Gasteiger partial charge in [0, 0.05) is 25.2 Å². The molecule has 0 saturated carbocycles. The van der Waals surface area contributed by atoms with Crippen molar-refractivity contribution in [1.29, 1.82) is 0 Å². The molecule has 6 nitrogen and oxygen atoms in total. The molecule has 1 aliphatic rings. The number of alkyl halides is 3. The van der Waals surface area contributed by atoms with Crippen LogP contribution in [0.2, 0.25) is 0 Å². The number of carbonyl (C=O) groups is 1. The van der Waals surface area contributed by atoms with Crippen LogP contribution in [0.15, 0.2) is 0 Å². The lowest BCUT2D eigenvalue weighted by molar-refractivity contribution is -0.179.